The predicted molar refractivity (Wildman–Crippen MR) is 119 cm³/mol. The highest BCUT2D eigenvalue weighted by Gasteiger charge is 2.21. The van der Waals surface area contributed by atoms with Crippen LogP contribution in [0.1, 0.15) is 5.56 Å². The summed E-state index contributed by atoms with van der Waals surface area (Å²) in [5.41, 5.74) is 1.12. The van der Waals surface area contributed by atoms with Crippen LogP contribution in [0, 0.1) is 5.82 Å². The van der Waals surface area contributed by atoms with Crippen LogP contribution in [-0.4, -0.2) is 39.4 Å². The Hall–Kier alpha value is -1.19. The summed E-state index contributed by atoms with van der Waals surface area (Å²) in [6.07, 6.45) is 0.963. The van der Waals surface area contributed by atoms with Gasteiger partial charge in [-0.25, -0.2) is 12.8 Å². The first kappa shape index (κ1) is 24.1. The maximum Gasteiger partial charge on any atom is 0.240 e. The molecule has 0 aliphatic rings. The van der Waals surface area contributed by atoms with Gasteiger partial charge in [-0.15, -0.1) is 0 Å². The predicted octanol–water partition coefficient (Wildman–Crippen LogP) is 4.60. The number of hydrogen-bond acceptors (Lipinski definition) is 4. The lowest BCUT2D eigenvalue weighted by Crippen LogP contribution is -2.41. The number of halogens is 4. The summed E-state index contributed by atoms with van der Waals surface area (Å²) in [6, 6.07) is 8.85. The number of carbonyl (C=O) groups excluding carboxylic acids is 1. The standard InChI is InChI=1S/C18H18Cl3FN2O3S2/c1-29(26,27)24(13-3-5-17(22)16(21)9-13)10-18(25)23-6-7-28-11-12-2-4-14(19)15(20)8-12/h2-5,8-9H,6-7,10-11H2,1H3,(H,23,25). The van der Waals surface area contributed by atoms with Gasteiger partial charge in [0.15, 0.2) is 0 Å². The van der Waals surface area contributed by atoms with Gasteiger partial charge in [-0.1, -0.05) is 40.9 Å². The highest BCUT2D eigenvalue weighted by atomic mass is 35.5. The van der Waals surface area contributed by atoms with E-state index in [0.29, 0.717) is 28.1 Å². The molecule has 1 amide bonds. The van der Waals surface area contributed by atoms with Gasteiger partial charge in [0.1, 0.15) is 12.4 Å². The van der Waals surface area contributed by atoms with E-state index in [9.17, 15) is 17.6 Å². The summed E-state index contributed by atoms with van der Waals surface area (Å²) in [4.78, 5) is 12.2. The van der Waals surface area contributed by atoms with Crippen LogP contribution in [0.15, 0.2) is 36.4 Å². The third-order valence-electron chi connectivity index (χ3n) is 3.70. The van der Waals surface area contributed by atoms with E-state index in [1.807, 2.05) is 6.07 Å². The van der Waals surface area contributed by atoms with E-state index in [0.717, 1.165) is 28.3 Å². The quantitative estimate of drug-likeness (QED) is 0.512. The zero-order valence-electron chi connectivity index (χ0n) is 15.3. The SMILES string of the molecule is CS(=O)(=O)N(CC(=O)NCCSCc1ccc(Cl)c(Cl)c1)c1ccc(F)c(Cl)c1. The Balaban J connectivity index is 1.85. The van der Waals surface area contributed by atoms with Crippen LogP contribution in [0.4, 0.5) is 10.1 Å². The zero-order valence-corrected chi connectivity index (χ0v) is 19.2. The van der Waals surface area contributed by atoms with Gasteiger partial charge in [0.2, 0.25) is 15.9 Å². The summed E-state index contributed by atoms with van der Waals surface area (Å²) < 4.78 is 38.3. The fraction of sp³-hybridized carbons (Fsp3) is 0.278. The van der Waals surface area contributed by atoms with Crippen LogP contribution in [0.3, 0.4) is 0 Å². The summed E-state index contributed by atoms with van der Waals surface area (Å²) in [5.74, 6) is 0.155. The molecule has 11 heteroatoms. The second-order valence-corrected chi connectivity index (χ2v) is 10.3. The number of nitrogens with one attached hydrogen (secondary N) is 1. The van der Waals surface area contributed by atoms with Gasteiger partial charge in [-0.05, 0) is 35.9 Å². The summed E-state index contributed by atoms with van der Waals surface area (Å²) >= 11 is 19.1. The van der Waals surface area contributed by atoms with Gasteiger partial charge >= 0.3 is 0 Å². The number of hydrogen-bond donors (Lipinski definition) is 1. The molecular weight excluding hydrogens is 482 g/mol. The molecule has 5 nitrogen and oxygen atoms in total. The van der Waals surface area contributed by atoms with Crippen molar-refractivity contribution in [1.82, 2.24) is 5.32 Å². The van der Waals surface area contributed by atoms with Crippen molar-refractivity contribution in [3.8, 4) is 0 Å². The molecule has 158 valence electrons. The van der Waals surface area contributed by atoms with Crippen molar-refractivity contribution in [2.45, 2.75) is 5.75 Å². The van der Waals surface area contributed by atoms with Crippen molar-refractivity contribution in [2.75, 3.05) is 29.4 Å². The summed E-state index contributed by atoms with van der Waals surface area (Å²) in [6.45, 7) is -0.0785. The molecule has 0 aromatic heterocycles. The first-order chi connectivity index (χ1) is 13.6. The number of nitrogens with zero attached hydrogens (tertiary/aromatic N) is 1. The molecule has 0 aliphatic heterocycles. The first-order valence-corrected chi connectivity index (χ1v) is 12.4. The van der Waals surface area contributed by atoms with Gasteiger partial charge < -0.3 is 5.32 Å². The molecule has 0 saturated carbocycles. The highest BCUT2D eigenvalue weighted by molar-refractivity contribution is 7.98. The van der Waals surface area contributed by atoms with Crippen LogP contribution >= 0.6 is 46.6 Å². The molecule has 0 spiro atoms. The van der Waals surface area contributed by atoms with Crippen LogP contribution in [0.2, 0.25) is 15.1 Å². The van der Waals surface area contributed by atoms with E-state index < -0.39 is 28.3 Å². The van der Waals surface area contributed by atoms with Crippen LogP contribution in [0.25, 0.3) is 0 Å². The molecule has 2 aromatic carbocycles. The highest BCUT2D eigenvalue weighted by Crippen LogP contribution is 2.25. The molecular formula is C18H18Cl3FN2O3S2. The van der Waals surface area contributed by atoms with Crippen molar-refractivity contribution in [3.63, 3.8) is 0 Å². The van der Waals surface area contributed by atoms with Crippen molar-refractivity contribution in [3.05, 3.63) is 62.8 Å². The molecule has 2 aromatic rings. The van der Waals surface area contributed by atoms with E-state index in [1.54, 1.807) is 23.9 Å². The van der Waals surface area contributed by atoms with Gasteiger partial charge in [0.25, 0.3) is 0 Å². The van der Waals surface area contributed by atoms with Crippen molar-refractivity contribution >= 4 is 68.2 Å². The fourth-order valence-electron chi connectivity index (χ4n) is 2.31. The molecule has 0 atom stereocenters. The Morgan fingerprint density at radius 1 is 1.10 bits per heavy atom. The van der Waals surface area contributed by atoms with Crippen LogP contribution in [0.5, 0.6) is 0 Å². The van der Waals surface area contributed by atoms with Gasteiger partial charge in [-0.2, -0.15) is 11.8 Å². The summed E-state index contributed by atoms with van der Waals surface area (Å²) in [5, 5.41) is 3.42. The van der Waals surface area contributed by atoms with Gasteiger partial charge in [0.05, 0.1) is 27.0 Å². The molecule has 0 fully saturated rings. The van der Waals surface area contributed by atoms with Crippen molar-refractivity contribution < 1.29 is 17.6 Å². The van der Waals surface area contributed by atoms with Crippen molar-refractivity contribution in [2.24, 2.45) is 0 Å². The van der Waals surface area contributed by atoms with E-state index >= 15 is 0 Å². The second kappa shape index (κ2) is 10.7. The maximum atomic E-state index is 13.3. The van der Waals surface area contributed by atoms with E-state index in [1.165, 1.54) is 6.07 Å². The lowest BCUT2D eigenvalue weighted by molar-refractivity contribution is -0.119. The number of amides is 1. The molecule has 0 bridgehead atoms. The lowest BCUT2D eigenvalue weighted by Gasteiger charge is -2.22. The molecule has 0 saturated heterocycles. The molecule has 0 unspecified atom stereocenters. The molecule has 0 radical (unpaired) electrons. The van der Waals surface area contributed by atoms with E-state index in [4.69, 9.17) is 34.8 Å². The maximum absolute atomic E-state index is 13.3. The normalized spacial score (nSPS) is 11.3. The topological polar surface area (TPSA) is 66.5 Å². The minimum atomic E-state index is -3.76. The van der Waals surface area contributed by atoms with Crippen LogP contribution in [-0.2, 0) is 20.6 Å². The average Bonchev–Trinajstić information content (AvgIpc) is 2.64. The van der Waals surface area contributed by atoms with E-state index in [-0.39, 0.29) is 10.7 Å². The molecule has 29 heavy (non-hydrogen) atoms. The minimum absolute atomic E-state index is 0.114. The summed E-state index contributed by atoms with van der Waals surface area (Å²) in [7, 11) is -3.76. The Morgan fingerprint density at radius 2 is 1.83 bits per heavy atom. The Kier molecular flexibility index (Phi) is 8.91. The Morgan fingerprint density at radius 3 is 2.45 bits per heavy atom. The molecule has 0 aliphatic carbocycles. The number of rotatable bonds is 9. The number of anilines is 1. The third kappa shape index (κ3) is 7.53. The number of thioether (sulfide) groups is 1. The Bertz CT molecular complexity index is 990. The zero-order chi connectivity index (χ0) is 21.6. The third-order valence-corrected chi connectivity index (χ3v) is 6.90. The monoisotopic (exact) mass is 498 g/mol. The smallest absolute Gasteiger partial charge is 0.240 e. The minimum Gasteiger partial charge on any atom is -0.354 e. The van der Waals surface area contributed by atoms with Gasteiger partial charge in [0, 0.05) is 18.1 Å². The molecule has 1 N–H and O–H groups in total. The largest absolute Gasteiger partial charge is 0.354 e. The Labute approximate surface area is 188 Å². The molecule has 2 rings (SSSR count). The number of carbonyl (C=O) groups is 1. The lowest BCUT2D eigenvalue weighted by atomic mass is 10.2. The average molecular weight is 500 g/mol. The fourth-order valence-corrected chi connectivity index (χ4v) is 4.46. The number of sulfonamides is 1. The first-order valence-electron chi connectivity index (χ1n) is 8.29. The van der Waals surface area contributed by atoms with Crippen LogP contribution < -0.4 is 9.62 Å². The number of benzene rings is 2. The second-order valence-electron chi connectivity index (χ2n) is 6.02. The molecule has 0 heterocycles. The van der Waals surface area contributed by atoms with Gasteiger partial charge in [-0.3, -0.25) is 9.10 Å². The van der Waals surface area contributed by atoms with Crippen molar-refractivity contribution in [1.29, 1.82) is 0 Å². The van der Waals surface area contributed by atoms with E-state index in [2.05, 4.69) is 5.32 Å².